The molecule has 0 aliphatic carbocycles. The molecular formula is C27H29N5O6. The molecule has 0 radical (unpaired) electrons. The number of carboxylic acids is 1. The minimum Gasteiger partial charge on any atom is -0.481 e. The molecule has 11 nitrogen and oxygen atoms in total. The molecule has 0 amide bonds. The number of nitrogens with zero attached hydrogens (tertiary/aromatic N) is 4. The Kier molecular flexibility index (Phi) is 7.61. The van der Waals surface area contributed by atoms with Crippen molar-refractivity contribution in [2.45, 2.75) is 36.9 Å². The Hall–Kier alpha value is -3.90. The van der Waals surface area contributed by atoms with E-state index in [4.69, 9.17) is 9.47 Å². The number of nitrogens with one attached hydrogen (secondary N) is 1. The second kappa shape index (κ2) is 11.2. The molecule has 4 aromatic rings. The van der Waals surface area contributed by atoms with Crippen LogP contribution >= 0.6 is 0 Å². The van der Waals surface area contributed by atoms with Gasteiger partial charge in [0.2, 0.25) is 0 Å². The Labute approximate surface area is 218 Å². The van der Waals surface area contributed by atoms with Gasteiger partial charge in [-0.25, -0.2) is 15.0 Å². The molecule has 11 heteroatoms. The fraction of sp³-hybridized carbons (Fsp3) is 0.333. The van der Waals surface area contributed by atoms with E-state index < -0.39 is 36.9 Å². The van der Waals surface area contributed by atoms with Gasteiger partial charge in [0.15, 0.2) is 23.2 Å². The number of aliphatic hydroxyl groups is 2. The van der Waals surface area contributed by atoms with E-state index in [1.165, 1.54) is 18.0 Å². The first-order valence-corrected chi connectivity index (χ1v) is 12.3. The number of fused-ring (bicyclic) bond motifs is 1. The number of aromatic nitrogens is 4. The molecule has 0 spiro atoms. The number of hydrogen-bond donors (Lipinski definition) is 4. The minimum absolute atomic E-state index is 0.0163. The quantitative estimate of drug-likeness (QED) is 0.245. The van der Waals surface area contributed by atoms with Crippen molar-refractivity contribution < 1.29 is 29.6 Å². The smallest absolute Gasteiger partial charge is 0.311 e. The van der Waals surface area contributed by atoms with Crippen molar-refractivity contribution in [1.82, 2.24) is 19.5 Å². The van der Waals surface area contributed by atoms with Gasteiger partial charge in [-0.2, -0.15) is 0 Å². The molecule has 198 valence electrons. The van der Waals surface area contributed by atoms with E-state index in [9.17, 15) is 20.1 Å². The van der Waals surface area contributed by atoms with Gasteiger partial charge in [0.05, 0.1) is 12.9 Å². The number of carboxylic acid groups (broad SMARTS) is 1. The van der Waals surface area contributed by atoms with E-state index in [0.717, 1.165) is 11.1 Å². The topological polar surface area (TPSA) is 152 Å². The standard InChI is InChI=1S/C27H29N5O6/c1-37-14-19-23(35)24(36)27(38-19)32-15-29-22-25(30-20(12-21(33)34)31-26(22)32)28-13-18(16-8-4-2-5-9-16)17-10-6-3-7-11-17/h2-11,15,18-19,23-24,27,35-36H,12-14H2,1H3,(H,33,34)(H,28,30,31)/t19-,23-,24-,27-/m1/s1. The fourth-order valence-electron chi connectivity index (χ4n) is 4.74. The number of anilines is 1. The summed E-state index contributed by atoms with van der Waals surface area (Å²) in [5, 5.41) is 33.8. The van der Waals surface area contributed by atoms with Crippen LogP contribution in [-0.4, -0.2) is 79.4 Å². The highest BCUT2D eigenvalue weighted by molar-refractivity contribution is 5.84. The summed E-state index contributed by atoms with van der Waals surface area (Å²) in [6.45, 7) is 0.546. The van der Waals surface area contributed by atoms with Crippen molar-refractivity contribution in [2.24, 2.45) is 0 Å². The Bertz CT molecular complexity index is 1340. The van der Waals surface area contributed by atoms with Crippen molar-refractivity contribution >= 4 is 23.0 Å². The van der Waals surface area contributed by atoms with Crippen molar-refractivity contribution in [3.63, 3.8) is 0 Å². The molecule has 1 saturated heterocycles. The van der Waals surface area contributed by atoms with Gasteiger partial charge in [-0.15, -0.1) is 0 Å². The number of carbonyl (C=O) groups is 1. The molecular weight excluding hydrogens is 490 g/mol. The number of ether oxygens (including phenoxy) is 2. The van der Waals surface area contributed by atoms with E-state index in [1.807, 2.05) is 36.4 Å². The molecule has 38 heavy (non-hydrogen) atoms. The second-order valence-electron chi connectivity index (χ2n) is 9.14. The van der Waals surface area contributed by atoms with E-state index in [2.05, 4.69) is 44.5 Å². The Morgan fingerprint density at radius 3 is 2.32 bits per heavy atom. The molecule has 4 atom stereocenters. The van der Waals surface area contributed by atoms with Crippen LogP contribution in [0.4, 0.5) is 5.82 Å². The van der Waals surface area contributed by atoms with E-state index >= 15 is 0 Å². The van der Waals surface area contributed by atoms with Gasteiger partial charge >= 0.3 is 5.97 Å². The summed E-state index contributed by atoms with van der Waals surface area (Å²) < 4.78 is 12.4. The lowest BCUT2D eigenvalue weighted by Gasteiger charge is -2.20. The third-order valence-electron chi connectivity index (χ3n) is 6.60. The molecule has 1 aliphatic rings. The summed E-state index contributed by atoms with van der Waals surface area (Å²) in [4.78, 5) is 24.9. The Balaban J connectivity index is 1.51. The maximum atomic E-state index is 11.5. The summed E-state index contributed by atoms with van der Waals surface area (Å²) in [7, 11) is 1.48. The van der Waals surface area contributed by atoms with E-state index in [0.29, 0.717) is 17.9 Å². The Morgan fingerprint density at radius 2 is 1.71 bits per heavy atom. The highest BCUT2D eigenvalue weighted by Crippen LogP contribution is 2.33. The summed E-state index contributed by atoms with van der Waals surface area (Å²) >= 11 is 0. The molecule has 2 aromatic carbocycles. The molecule has 0 saturated carbocycles. The lowest BCUT2D eigenvalue weighted by molar-refractivity contribution is -0.136. The lowest BCUT2D eigenvalue weighted by atomic mass is 9.91. The minimum atomic E-state index is -1.26. The van der Waals surface area contributed by atoms with Gasteiger partial charge in [-0.1, -0.05) is 60.7 Å². The number of hydrogen-bond acceptors (Lipinski definition) is 9. The normalized spacial score (nSPS) is 21.3. The first-order chi connectivity index (χ1) is 18.5. The van der Waals surface area contributed by atoms with Crippen LogP contribution in [0, 0.1) is 0 Å². The Morgan fingerprint density at radius 1 is 1.05 bits per heavy atom. The first-order valence-electron chi connectivity index (χ1n) is 12.3. The predicted molar refractivity (Wildman–Crippen MR) is 138 cm³/mol. The van der Waals surface area contributed by atoms with Crippen LogP contribution in [0.1, 0.15) is 29.1 Å². The summed E-state index contributed by atoms with van der Waals surface area (Å²) in [6.07, 6.45) is -3.13. The maximum Gasteiger partial charge on any atom is 0.311 e. The van der Waals surface area contributed by atoms with Crippen LogP contribution in [0.25, 0.3) is 11.2 Å². The molecule has 2 aromatic heterocycles. The number of aliphatic carboxylic acids is 1. The van der Waals surface area contributed by atoms with Crippen LogP contribution < -0.4 is 5.32 Å². The van der Waals surface area contributed by atoms with Gasteiger partial charge in [0.1, 0.15) is 30.6 Å². The van der Waals surface area contributed by atoms with Crippen molar-refractivity contribution in [2.75, 3.05) is 25.6 Å². The molecule has 0 bridgehead atoms. The van der Waals surface area contributed by atoms with Gasteiger partial charge in [0.25, 0.3) is 0 Å². The number of aliphatic hydroxyl groups excluding tert-OH is 2. The zero-order valence-electron chi connectivity index (χ0n) is 20.7. The average Bonchev–Trinajstić information content (AvgIpc) is 3.46. The molecule has 3 heterocycles. The predicted octanol–water partition coefficient (Wildman–Crippen LogP) is 1.96. The average molecular weight is 520 g/mol. The maximum absolute atomic E-state index is 11.5. The molecule has 1 fully saturated rings. The number of rotatable bonds is 10. The van der Waals surface area contributed by atoms with Gasteiger partial charge in [-0.3, -0.25) is 9.36 Å². The van der Waals surface area contributed by atoms with Crippen LogP contribution in [0.5, 0.6) is 0 Å². The summed E-state index contributed by atoms with van der Waals surface area (Å²) in [6, 6.07) is 20.1. The third kappa shape index (κ3) is 5.22. The molecule has 1 aliphatic heterocycles. The number of benzene rings is 2. The highest BCUT2D eigenvalue weighted by Gasteiger charge is 2.44. The molecule has 0 unspecified atom stereocenters. The SMILES string of the molecule is COC[C@H]1O[C@@H](n2cnc3c(NCC(c4ccccc4)c4ccccc4)nc(CC(=O)O)nc32)[C@H](O)[C@@H]1O. The zero-order chi connectivity index (χ0) is 26.6. The van der Waals surface area contributed by atoms with Crippen LogP contribution in [-0.2, 0) is 20.7 Å². The lowest BCUT2D eigenvalue weighted by Crippen LogP contribution is -2.33. The highest BCUT2D eigenvalue weighted by atomic mass is 16.6. The van der Waals surface area contributed by atoms with E-state index in [1.54, 1.807) is 0 Å². The molecule has 5 rings (SSSR count). The zero-order valence-corrected chi connectivity index (χ0v) is 20.7. The van der Waals surface area contributed by atoms with Crippen molar-refractivity contribution in [3.05, 3.63) is 83.9 Å². The first kappa shape index (κ1) is 25.7. The van der Waals surface area contributed by atoms with Crippen molar-refractivity contribution in [1.29, 1.82) is 0 Å². The van der Waals surface area contributed by atoms with Gasteiger partial charge in [-0.05, 0) is 11.1 Å². The third-order valence-corrected chi connectivity index (χ3v) is 6.60. The second-order valence-corrected chi connectivity index (χ2v) is 9.14. The number of methoxy groups -OCH3 is 1. The van der Waals surface area contributed by atoms with Crippen LogP contribution in [0.15, 0.2) is 67.0 Å². The summed E-state index contributed by atoms with van der Waals surface area (Å²) in [5.74, 6) is -0.659. The van der Waals surface area contributed by atoms with Gasteiger partial charge in [0, 0.05) is 19.6 Å². The molecule has 4 N–H and O–H groups in total. The van der Waals surface area contributed by atoms with Gasteiger partial charge < -0.3 is 30.1 Å². The largest absolute Gasteiger partial charge is 0.481 e. The van der Waals surface area contributed by atoms with Crippen molar-refractivity contribution in [3.8, 4) is 0 Å². The van der Waals surface area contributed by atoms with Crippen LogP contribution in [0.3, 0.4) is 0 Å². The number of imidazole rings is 1. The van der Waals surface area contributed by atoms with Crippen LogP contribution in [0.2, 0.25) is 0 Å². The van der Waals surface area contributed by atoms with E-state index in [-0.39, 0.29) is 24.0 Å². The summed E-state index contributed by atoms with van der Waals surface area (Å²) in [5.41, 5.74) is 2.88. The fourth-order valence-corrected chi connectivity index (χ4v) is 4.74. The monoisotopic (exact) mass is 519 g/mol.